The molecule has 0 spiro atoms. The van der Waals surface area contributed by atoms with E-state index in [-0.39, 0.29) is 24.4 Å². The topological polar surface area (TPSA) is 92.3 Å². The summed E-state index contributed by atoms with van der Waals surface area (Å²) in [6.45, 7) is 2.58. The molecule has 0 aliphatic carbocycles. The van der Waals surface area contributed by atoms with Gasteiger partial charge in [0, 0.05) is 68.0 Å². The van der Waals surface area contributed by atoms with Crippen molar-refractivity contribution >= 4 is 41.1 Å². The van der Waals surface area contributed by atoms with Gasteiger partial charge in [-0.15, -0.1) is 0 Å². The van der Waals surface area contributed by atoms with Crippen molar-refractivity contribution in [3.8, 4) is 0 Å². The molecule has 38 heavy (non-hydrogen) atoms. The van der Waals surface area contributed by atoms with E-state index in [9.17, 15) is 0 Å². The SMILES string of the molecule is CO[Si](CCCSCCCO[C@H]1CO[C@H]2[C@@H]1OC[C@H]2OCCCSCCC[Si](OC)(OC)OC)(OC)OC. The largest absolute Gasteiger partial charge is 0.500 e. The lowest BCUT2D eigenvalue weighted by molar-refractivity contribution is -0.0497. The summed E-state index contributed by atoms with van der Waals surface area (Å²) in [5, 5.41) is 0. The standard InChI is InChI=1S/C24H50O10S2Si2/c1-25-37(26-2,27-3)17-9-15-35-13-7-11-31-21-19-33-24-22(20-34-23(21)24)32-12-8-14-36-16-10-18-38(28-4,29-5)30-6/h21-24H,7-20H2,1-6H3/t21-,22+,23-,24-/m1/s1. The van der Waals surface area contributed by atoms with Gasteiger partial charge >= 0.3 is 17.6 Å². The second-order valence-electron chi connectivity index (χ2n) is 9.14. The van der Waals surface area contributed by atoms with Gasteiger partial charge in [0.2, 0.25) is 0 Å². The van der Waals surface area contributed by atoms with E-state index < -0.39 is 17.6 Å². The van der Waals surface area contributed by atoms with Crippen LogP contribution in [-0.2, 0) is 45.5 Å². The Morgan fingerprint density at radius 3 is 1.24 bits per heavy atom. The molecule has 226 valence electrons. The molecule has 0 aromatic rings. The average Bonchev–Trinajstić information content (AvgIpc) is 3.55. The smallest absolute Gasteiger partial charge is 0.377 e. The van der Waals surface area contributed by atoms with Gasteiger partial charge in [0.25, 0.3) is 0 Å². The van der Waals surface area contributed by atoms with Crippen molar-refractivity contribution in [3.05, 3.63) is 0 Å². The number of fused-ring (bicyclic) bond motifs is 1. The third-order valence-corrected chi connectivity index (χ3v) is 14.9. The van der Waals surface area contributed by atoms with E-state index in [0.29, 0.717) is 26.4 Å². The third-order valence-electron chi connectivity index (χ3n) is 6.90. The highest BCUT2D eigenvalue weighted by Crippen LogP contribution is 2.31. The van der Waals surface area contributed by atoms with Crippen LogP contribution in [0.25, 0.3) is 0 Å². The van der Waals surface area contributed by atoms with Crippen LogP contribution in [0.5, 0.6) is 0 Å². The Hall–Kier alpha value is 0.734. The van der Waals surface area contributed by atoms with Crippen molar-refractivity contribution in [2.45, 2.75) is 62.2 Å². The molecule has 2 fully saturated rings. The van der Waals surface area contributed by atoms with E-state index in [4.69, 9.17) is 45.5 Å². The fraction of sp³-hybridized carbons (Fsp3) is 1.00. The van der Waals surface area contributed by atoms with Crippen LogP contribution in [0.1, 0.15) is 25.7 Å². The quantitative estimate of drug-likeness (QED) is 0.117. The normalized spacial score (nSPS) is 23.8. The summed E-state index contributed by atoms with van der Waals surface area (Å²) in [5.41, 5.74) is 0. The van der Waals surface area contributed by atoms with Crippen LogP contribution in [0.15, 0.2) is 0 Å². The van der Waals surface area contributed by atoms with Gasteiger partial charge in [0.15, 0.2) is 0 Å². The van der Waals surface area contributed by atoms with Crippen LogP contribution >= 0.6 is 23.5 Å². The van der Waals surface area contributed by atoms with Crippen LogP contribution in [-0.4, -0.2) is 134 Å². The molecule has 2 rings (SSSR count). The molecule has 0 saturated carbocycles. The first-order chi connectivity index (χ1) is 18.5. The second-order valence-corrected chi connectivity index (χ2v) is 17.8. The lowest BCUT2D eigenvalue weighted by Crippen LogP contribution is -2.42. The van der Waals surface area contributed by atoms with E-state index in [1.165, 1.54) is 0 Å². The Bertz CT molecular complexity index is 538. The maximum atomic E-state index is 6.11. The number of ether oxygens (including phenoxy) is 4. The third kappa shape index (κ3) is 11.2. The average molecular weight is 619 g/mol. The minimum Gasteiger partial charge on any atom is -0.377 e. The fourth-order valence-electron chi connectivity index (χ4n) is 4.60. The van der Waals surface area contributed by atoms with Gasteiger partial charge in [-0.25, -0.2) is 0 Å². The molecule has 0 radical (unpaired) electrons. The zero-order chi connectivity index (χ0) is 27.7. The molecule has 0 N–H and O–H groups in total. The van der Waals surface area contributed by atoms with Crippen molar-refractivity contribution in [3.63, 3.8) is 0 Å². The van der Waals surface area contributed by atoms with Crippen molar-refractivity contribution in [2.75, 3.05) is 92.1 Å². The zero-order valence-electron chi connectivity index (χ0n) is 24.1. The molecule has 0 bridgehead atoms. The number of rotatable bonds is 24. The van der Waals surface area contributed by atoms with E-state index in [1.54, 1.807) is 42.7 Å². The second kappa shape index (κ2) is 19.8. The van der Waals surface area contributed by atoms with Crippen molar-refractivity contribution < 1.29 is 45.5 Å². The highest BCUT2D eigenvalue weighted by Gasteiger charge is 2.48. The number of hydrogen-bond acceptors (Lipinski definition) is 12. The van der Waals surface area contributed by atoms with Crippen LogP contribution in [0.2, 0.25) is 12.1 Å². The molecule has 14 heteroatoms. The maximum Gasteiger partial charge on any atom is 0.500 e. The minimum atomic E-state index is -2.44. The van der Waals surface area contributed by atoms with E-state index >= 15 is 0 Å². The maximum absolute atomic E-state index is 6.11. The molecular formula is C24H50O10S2Si2. The molecular weight excluding hydrogens is 569 g/mol. The molecule has 10 nitrogen and oxygen atoms in total. The van der Waals surface area contributed by atoms with Gasteiger partial charge in [0.1, 0.15) is 24.4 Å². The van der Waals surface area contributed by atoms with Crippen LogP contribution < -0.4 is 0 Å². The molecule has 2 heterocycles. The van der Waals surface area contributed by atoms with Gasteiger partial charge in [-0.05, 0) is 48.7 Å². The number of hydrogen-bond donors (Lipinski definition) is 0. The summed E-state index contributed by atoms with van der Waals surface area (Å²) in [5.74, 6) is 4.23. The zero-order valence-corrected chi connectivity index (χ0v) is 27.7. The highest BCUT2D eigenvalue weighted by molar-refractivity contribution is 7.99. The summed E-state index contributed by atoms with van der Waals surface area (Å²) < 4.78 is 57.0. The Morgan fingerprint density at radius 2 is 0.895 bits per heavy atom. The highest BCUT2D eigenvalue weighted by atomic mass is 32.2. The lowest BCUT2D eigenvalue weighted by atomic mass is 10.1. The first-order valence-electron chi connectivity index (χ1n) is 13.5. The summed E-state index contributed by atoms with van der Waals surface area (Å²) in [6.07, 6.45) is 3.97. The molecule has 2 saturated heterocycles. The van der Waals surface area contributed by atoms with Gasteiger partial charge in [-0.2, -0.15) is 23.5 Å². The molecule has 2 aliphatic rings. The van der Waals surface area contributed by atoms with Crippen molar-refractivity contribution in [1.82, 2.24) is 0 Å². The molecule has 2 aliphatic heterocycles. The van der Waals surface area contributed by atoms with Crippen LogP contribution in [0, 0.1) is 0 Å². The molecule has 0 aromatic heterocycles. The predicted octanol–water partition coefficient (Wildman–Crippen LogP) is 3.34. The summed E-state index contributed by atoms with van der Waals surface area (Å²) in [4.78, 5) is 0. The van der Waals surface area contributed by atoms with Gasteiger partial charge in [-0.3, -0.25) is 0 Å². The minimum absolute atomic E-state index is 0.00662. The molecule has 0 aromatic carbocycles. The van der Waals surface area contributed by atoms with Gasteiger partial charge in [-0.1, -0.05) is 0 Å². The van der Waals surface area contributed by atoms with E-state index in [0.717, 1.165) is 60.8 Å². The predicted molar refractivity (Wildman–Crippen MR) is 155 cm³/mol. The Labute approximate surface area is 240 Å². The Kier molecular flexibility index (Phi) is 18.2. The van der Waals surface area contributed by atoms with Gasteiger partial charge in [0.05, 0.1) is 13.2 Å². The summed E-state index contributed by atoms with van der Waals surface area (Å²) in [7, 11) is 5.07. The van der Waals surface area contributed by atoms with Gasteiger partial charge < -0.3 is 45.5 Å². The van der Waals surface area contributed by atoms with Crippen LogP contribution in [0.4, 0.5) is 0 Å². The van der Waals surface area contributed by atoms with Crippen molar-refractivity contribution in [1.29, 1.82) is 0 Å². The molecule has 4 atom stereocenters. The number of thioether (sulfide) groups is 2. The van der Waals surface area contributed by atoms with E-state index in [1.807, 2.05) is 23.5 Å². The van der Waals surface area contributed by atoms with E-state index in [2.05, 4.69) is 0 Å². The molecule has 0 amide bonds. The van der Waals surface area contributed by atoms with Crippen molar-refractivity contribution in [2.24, 2.45) is 0 Å². The van der Waals surface area contributed by atoms with Crippen LogP contribution in [0.3, 0.4) is 0 Å². The summed E-state index contributed by atoms with van der Waals surface area (Å²) in [6, 6.07) is 1.67. The Morgan fingerprint density at radius 1 is 0.553 bits per heavy atom. The fourth-order valence-corrected chi connectivity index (χ4v) is 10.3. The first-order valence-corrected chi connectivity index (χ1v) is 19.6. The molecule has 0 unspecified atom stereocenters. The monoisotopic (exact) mass is 618 g/mol. The summed E-state index contributed by atoms with van der Waals surface area (Å²) >= 11 is 3.85. The first kappa shape index (κ1) is 34.9. The lowest BCUT2D eigenvalue weighted by Gasteiger charge is -2.24. The Balaban J connectivity index is 1.47.